The van der Waals surface area contributed by atoms with Crippen molar-refractivity contribution in [3.8, 4) is 11.5 Å². The second-order valence-corrected chi connectivity index (χ2v) is 9.87. The number of rotatable bonds is 5. The van der Waals surface area contributed by atoms with Crippen LogP contribution in [0.15, 0.2) is 35.0 Å². The molecule has 4 aliphatic rings. The molecule has 3 fully saturated rings. The lowest BCUT2D eigenvalue weighted by Gasteiger charge is -2.38. The summed E-state index contributed by atoms with van der Waals surface area (Å²) in [5.41, 5.74) is 2.14. The third kappa shape index (κ3) is 3.31. The predicted molar refractivity (Wildman–Crippen MR) is 127 cm³/mol. The number of nitrogens with zero attached hydrogens (tertiary/aromatic N) is 4. The van der Waals surface area contributed by atoms with Crippen molar-refractivity contribution in [2.24, 2.45) is 17.8 Å². The maximum Gasteiger partial charge on any atom is 0.162 e. The zero-order valence-electron chi connectivity index (χ0n) is 18.8. The fourth-order valence-corrected chi connectivity index (χ4v) is 5.53. The molecule has 7 heteroatoms. The summed E-state index contributed by atoms with van der Waals surface area (Å²) in [6, 6.07) is 4.00. The van der Waals surface area contributed by atoms with Crippen LogP contribution in [0, 0.1) is 17.8 Å². The first-order valence-electron chi connectivity index (χ1n) is 11.6. The van der Waals surface area contributed by atoms with E-state index in [1.807, 2.05) is 12.1 Å². The Morgan fingerprint density at radius 1 is 0.906 bits per heavy atom. The number of ether oxygens (including phenoxy) is 2. The average Bonchev–Trinajstić information content (AvgIpc) is 3.75. The predicted octanol–water partition coefficient (Wildman–Crippen LogP) is 4.55. The number of hydrogen-bond acceptors (Lipinski definition) is 6. The number of anilines is 1. The molecule has 0 amide bonds. The van der Waals surface area contributed by atoms with E-state index in [-0.39, 0.29) is 0 Å². The Morgan fingerprint density at radius 2 is 1.56 bits per heavy atom. The third-order valence-electron chi connectivity index (χ3n) is 7.51. The number of hydrogen-bond donors (Lipinski definition) is 0. The van der Waals surface area contributed by atoms with E-state index in [0.29, 0.717) is 29.3 Å². The first kappa shape index (κ1) is 20.2. The summed E-state index contributed by atoms with van der Waals surface area (Å²) in [6.07, 6.45) is 7.00. The first-order valence-corrected chi connectivity index (χ1v) is 12.0. The van der Waals surface area contributed by atoms with E-state index in [0.717, 1.165) is 59.7 Å². The number of aromatic nitrogens is 2. The van der Waals surface area contributed by atoms with Crippen LogP contribution >= 0.6 is 11.6 Å². The molecule has 6 nitrogen and oxygen atoms in total. The molecule has 3 atom stereocenters. The van der Waals surface area contributed by atoms with Crippen LogP contribution in [0.2, 0.25) is 0 Å². The van der Waals surface area contributed by atoms with Gasteiger partial charge in [0.1, 0.15) is 11.6 Å². The lowest BCUT2D eigenvalue weighted by molar-refractivity contribution is 0.325. The van der Waals surface area contributed by atoms with Crippen LogP contribution in [-0.4, -0.2) is 55.3 Å². The normalized spacial score (nSPS) is 27.1. The van der Waals surface area contributed by atoms with Gasteiger partial charge in [-0.1, -0.05) is 30.7 Å². The second kappa shape index (κ2) is 7.55. The van der Waals surface area contributed by atoms with Gasteiger partial charge in [-0.3, -0.25) is 0 Å². The molecule has 2 unspecified atom stereocenters. The standard InChI is InChI=1S/C25H29ClN4O2/c1-14-16-10-19(26)21(11-17(14)16)29-6-8-30(9-7-29)25-18-12-22(31-2)23(32-3)13-20(18)27-24(28-25)15-4-5-15/h10-17H,4-9H2,1-3H3/t14?,16-,17?/m0/s1. The topological polar surface area (TPSA) is 50.7 Å². The molecule has 0 radical (unpaired) electrons. The molecule has 1 saturated heterocycles. The number of halogens is 1. The smallest absolute Gasteiger partial charge is 0.162 e. The van der Waals surface area contributed by atoms with Crippen molar-refractivity contribution in [3.63, 3.8) is 0 Å². The highest BCUT2D eigenvalue weighted by Gasteiger charge is 2.46. The molecule has 1 aliphatic heterocycles. The lowest BCUT2D eigenvalue weighted by Crippen LogP contribution is -2.46. The molecule has 1 aromatic carbocycles. The molecule has 2 aromatic rings. The Kier molecular flexibility index (Phi) is 4.75. The van der Waals surface area contributed by atoms with Crippen LogP contribution in [0.3, 0.4) is 0 Å². The maximum atomic E-state index is 6.65. The summed E-state index contributed by atoms with van der Waals surface area (Å²) in [4.78, 5) is 14.8. The molecule has 1 aromatic heterocycles. The Balaban J connectivity index is 1.30. The van der Waals surface area contributed by atoms with E-state index in [2.05, 4.69) is 28.9 Å². The van der Waals surface area contributed by atoms with Crippen molar-refractivity contribution < 1.29 is 9.47 Å². The second-order valence-electron chi connectivity index (χ2n) is 9.46. The van der Waals surface area contributed by atoms with Crippen LogP contribution < -0.4 is 14.4 Å². The van der Waals surface area contributed by atoms with E-state index < -0.39 is 0 Å². The van der Waals surface area contributed by atoms with Gasteiger partial charge in [-0.15, -0.1) is 0 Å². The third-order valence-corrected chi connectivity index (χ3v) is 7.83. The molecular weight excluding hydrogens is 424 g/mol. The Labute approximate surface area is 193 Å². The van der Waals surface area contributed by atoms with Crippen molar-refractivity contribution in [2.45, 2.75) is 25.7 Å². The monoisotopic (exact) mass is 452 g/mol. The van der Waals surface area contributed by atoms with Gasteiger partial charge in [-0.25, -0.2) is 9.97 Å². The SMILES string of the molecule is COc1cc2nc(C3CC3)nc(N3CCN(C4=CC5C(C)[C@@H]5C=C4Cl)CC3)c2cc1OC. The van der Waals surface area contributed by atoms with Gasteiger partial charge in [0.25, 0.3) is 0 Å². The largest absolute Gasteiger partial charge is 0.493 e. The Morgan fingerprint density at radius 3 is 2.25 bits per heavy atom. The molecule has 6 rings (SSSR count). The van der Waals surface area contributed by atoms with Crippen molar-refractivity contribution in [1.82, 2.24) is 14.9 Å². The number of fused-ring (bicyclic) bond motifs is 2. The summed E-state index contributed by atoms with van der Waals surface area (Å²) < 4.78 is 11.1. The highest BCUT2D eigenvalue weighted by Crippen LogP contribution is 2.53. The van der Waals surface area contributed by atoms with Gasteiger partial charge in [0.05, 0.1) is 30.5 Å². The summed E-state index contributed by atoms with van der Waals surface area (Å²) in [5, 5.41) is 1.94. The minimum absolute atomic E-state index is 0.484. The van der Waals surface area contributed by atoms with E-state index in [4.69, 9.17) is 31.0 Å². The van der Waals surface area contributed by atoms with Crippen molar-refractivity contribution in [1.29, 1.82) is 0 Å². The first-order chi connectivity index (χ1) is 15.6. The molecule has 0 N–H and O–H groups in total. The van der Waals surface area contributed by atoms with Crippen LogP contribution in [0.4, 0.5) is 5.82 Å². The molecule has 168 valence electrons. The van der Waals surface area contributed by atoms with Gasteiger partial charge in [-0.05, 0) is 36.7 Å². The molecular formula is C25H29ClN4O2. The number of benzene rings is 1. The lowest BCUT2D eigenvalue weighted by atomic mass is 10.1. The minimum Gasteiger partial charge on any atom is -0.493 e. The number of allylic oxidation sites excluding steroid dienone is 3. The van der Waals surface area contributed by atoms with Gasteiger partial charge >= 0.3 is 0 Å². The molecule has 2 saturated carbocycles. The minimum atomic E-state index is 0.484. The van der Waals surface area contributed by atoms with Gasteiger partial charge in [0.15, 0.2) is 11.5 Å². The highest BCUT2D eigenvalue weighted by molar-refractivity contribution is 6.32. The quantitative estimate of drug-likeness (QED) is 0.663. The van der Waals surface area contributed by atoms with Gasteiger partial charge in [0, 0.05) is 43.5 Å². The fourth-order valence-electron chi connectivity index (χ4n) is 5.21. The zero-order valence-corrected chi connectivity index (χ0v) is 19.6. The van der Waals surface area contributed by atoms with Gasteiger partial charge in [0.2, 0.25) is 0 Å². The number of piperazine rings is 1. The zero-order chi connectivity index (χ0) is 22.0. The van der Waals surface area contributed by atoms with Crippen molar-refractivity contribution >= 4 is 28.3 Å². The summed E-state index contributed by atoms with van der Waals surface area (Å²) in [5.74, 6) is 5.90. The van der Waals surface area contributed by atoms with E-state index in [9.17, 15) is 0 Å². The molecule has 32 heavy (non-hydrogen) atoms. The van der Waals surface area contributed by atoms with E-state index in [1.165, 1.54) is 18.5 Å². The van der Waals surface area contributed by atoms with Crippen LogP contribution in [0.5, 0.6) is 11.5 Å². The van der Waals surface area contributed by atoms with Gasteiger partial charge < -0.3 is 19.3 Å². The Bertz CT molecular complexity index is 1130. The van der Waals surface area contributed by atoms with Crippen molar-refractivity contribution in [3.05, 3.63) is 40.8 Å². The van der Waals surface area contributed by atoms with Crippen LogP contribution in [0.25, 0.3) is 10.9 Å². The summed E-state index contributed by atoms with van der Waals surface area (Å²) >= 11 is 6.65. The average molecular weight is 453 g/mol. The van der Waals surface area contributed by atoms with Crippen LogP contribution in [-0.2, 0) is 0 Å². The Hall–Kier alpha value is -2.47. The molecule has 0 bridgehead atoms. The molecule has 0 spiro atoms. The van der Waals surface area contributed by atoms with Crippen LogP contribution in [0.1, 0.15) is 31.5 Å². The fraction of sp³-hybridized carbons (Fsp3) is 0.520. The molecule has 2 heterocycles. The maximum absolute atomic E-state index is 6.65. The van der Waals surface area contributed by atoms with Crippen molar-refractivity contribution in [2.75, 3.05) is 45.3 Å². The van der Waals surface area contributed by atoms with Gasteiger partial charge in [-0.2, -0.15) is 0 Å². The summed E-state index contributed by atoms with van der Waals surface area (Å²) in [7, 11) is 3.33. The molecule has 3 aliphatic carbocycles. The van der Waals surface area contributed by atoms with E-state index in [1.54, 1.807) is 14.2 Å². The summed E-state index contributed by atoms with van der Waals surface area (Å²) in [6.45, 7) is 5.97. The van der Waals surface area contributed by atoms with E-state index >= 15 is 0 Å². The highest BCUT2D eigenvalue weighted by atomic mass is 35.5. The number of methoxy groups -OCH3 is 2.